The van der Waals surface area contributed by atoms with Crippen molar-refractivity contribution < 1.29 is 9.26 Å². The molecule has 2 aromatic rings. The normalized spacial score (nSPS) is 10.5. The Bertz CT molecular complexity index is 429. The summed E-state index contributed by atoms with van der Waals surface area (Å²) in [6.45, 7) is 0.990. The first kappa shape index (κ1) is 10.6. The van der Waals surface area contributed by atoms with Crippen LogP contribution < -0.4 is 5.73 Å². The summed E-state index contributed by atoms with van der Waals surface area (Å²) in [7, 11) is 0. The molecule has 0 aromatic carbocycles. The van der Waals surface area contributed by atoms with Crippen LogP contribution >= 0.6 is 0 Å². The Morgan fingerprint density at radius 1 is 1.38 bits per heavy atom. The average molecular weight is 220 g/mol. The van der Waals surface area contributed by atoms with E-state index in [9.17, 15) is 0 Å². The highest BCUT2D eigenvalue weighted by atomic mass is 16.5. The molecule has 2 rings (SSSR count). The molecular weight excluding hydrogens is 208 g/mol. The van der Waals surface area contributed by atoms with Gasteiger partial charge >= 0.3 is 6.01 Å². The van der Waals surface area contributed by atoms with E-state index in [1.54, 1.807) is 6.20 Å². The molecule has 0 unspecified atom stereocenters. The van der Waals surface area contributed by atoms with Gasteiger partial charge in [0.25, 0.3) is 0 Å². The first-order chi connectivity index (χ1) is 7.84. The molecule has 0 fully saturated rings. The topological polar surface area (TPSA) is 87.1 Å². The van der Waals surface area contributed by atoms with Gasteiger partial charge in [-0.1, -0.05) is 11.2 Å². The van der Waals surface area contributed by atoms with Gasteiger partial charge in [0, 0.05) is 12.6 Å². The van der Waals surface area contributed by atoms with Crippen molar-refractivity contribution in [1.29, 1.82) is 0 Å². The van der Waals surface area contributed by atoms with Crippen LogP contribution in [-0.2, 0) is 17.8 Å². The molecule has 6 heteroatoms. The highest BCUT2D eigenvalue weighted by Crippen LogP contribution is 2.00. The molecule has 0 aliphatic carbocycles. The van der Waals surface area contributed by atoms with Crippen LogP contribution in [0.2, 0.25) is 0 Å². The van der Waals surface area contributed by atoms with Crippen molar-refractivity contribution in [1.82, 2.24) is 15.1 Å². The molecule has 0 aliphatic heterocycles. The van der Waals surface area contributed by atoms with E-state index in [0.29, 0.717) is 25.5 Å². The molecule has 2 heterocycles. The molecule has 0 amide bonds. The second kappa shape index (κ2) is 5.22. The van der Waals surface area contributed by atoms with Gasteiger partial charge in [-0.25, -0.2) is 0 Å². The molecule has 0 saturated carbocycles. The van der Waals surface area contributed by atoms with Crippen LogP contribution in [0, 0.1) is 0 Å². The van der Waals surface area contributed by atoms with E-state index in [-0.39, 0.29) is 6.01 Å². The maximum Gasteiger partial charge on any atom is 0.318 e. The number of aromatic nitrogens is 3. The van der Waals surface area contributed by atoms with Crippen molar-refractivity contribution >= 4 is 6.01 Å². The summed E-state index contributed by atoms with van der Waals surface area (Å²) >= 11 is 0. The van der Waals surface area contributed by atoms with Gasteiger partial charge in [-0.15, -0.1) is 0 Å². The number of hydrogen-bond donors (Lipinski definition) is 1. The predicted molar refractivity (Wildman–Crippen MR) is 56.3 cm³/mol. The maximum atomic E-state index is 5.41. The summed E-state index contributed by atoms with van der Waals surface area (Å²) in [6, 6.07) is 5.78. The highest BCUT2D eigenvalue weighted by molar-refractivity contribution is 5.07. The zero-order valence-electron chi connectivity index (χ0n) is 8.67. The van der Waals surface area contributed by atoms with Gasteiger partial charge in [-0.05, 0) is 12.1 Å². The maximum absolute atomic E-state index is 5.41. The van der Waals surface area contributed by atoms with Crippen LogP contribution in [0.5, 0.6) is 0 Å². The Balaban J connectivity index is 1.69. The lowest BCUT2D eigenvalue weighted by Crippen LogP contribution is -2.01. The van der Waals surface area contributed by atoms with E-state index in [2.05, 4.69) is 19.6 Å². The fraction of sp³-hybridized carbons (Fsp3) is 0.300. The highest BCUT2D eigenvalue weighted by Gasteiger charge is 2.02. The van der Waals surface area contributed by atoms with E-state index >= 15 is 0 Å². The van der Waals surface area contributed by atoms with Gasteiger partial charge < -0.3 is 15.0 Å². The van der Waals surface area contributed by atoms with E-state index in [0.717, 1.165) is 5.69 Å². The van der Waals surface area contributed by atoms with Gasteiger partial charge in [0.2, 0.25) is 0 Å². The van der Waals surface area contributed by atoms with Crippen LogP contribution in [0.4, 0.5) is 6.01 Å². The van der Waals surface area contributed by atoms with Crippen LogP contribution in [0.25, 0.3) is 0 Å². The van der Waals surface area contributed by atoms with Crippen LogP contribution in [-0.4, -0.2) is 21.7 Å². The van der Waals surface area contributed by atoms with Crippen LogP contribution in [0.3, 0.4) is 0 Å². The second-order valence-corrected chi connectivity index (χ2v) is 3.17. The largest absolute Gasteiger partial charge is 0.375 e. The average Bonchev–Trinajstić information content (AvgIpc) is 2.72. The molecule has 0 radical (unpaired) electrons. The molecule has 16 heavy (non-hydrogen) atoms. The van der Waals surface area contributed by atoms with Crippen LogP contribution in [0.1, 0.15) is 11.5 Å². The number of pyridine rings is 1. The Morgan fingerprint density at radius 3 is 3.00 bits per heavy atom. The standard InChI is InChI=1S/C10H12N4O2/c11-10-13-9(14-16-10)4-6-15-7-8-3-1-2-5-12-8/h1-3,5H,4,6-7H2,(H2,11,13,14). The second-order valence-electron chi connectivity index (χ2n) is 3.17. The smallest absolute Gasteiger partial charge is 0.318 e. The molecule has 0 aliphatic rings. The number of anilines is 1. The Labute approximate surface area is 92.4 Å². The first-order valence-electron chi connectivity index (χ1n) is 4.90. The molecule has 2 aromatic heterocycles. The van der Waals surface area contributed by atoms with E-state index in [4.69, 9.17) is 10.5 Å². The van der Waals surface area contributed by atoms with E-state index in [1.807, 2.05) is 18.2 Å². The molecule has 0 saturated heterocycles. The molecule has 0 atom stereocenters. The summed E-state index contributed by atoms with van der Waals surface area (Å²) in [5.41, 5.74) is 6.18. The number of ether oxygens (including phenoxy) is 1. The molecular formula is C10H12N4O2. The minimum atomic E-state index is 0.0831. The number of hydrogen-bond acceptors (Lipinski definition) is 6. The van der Waals surface area contributed by atoms with Gasteiger partial charge in [0.1, 0.15) is 0 Å². The molecule has 2 N–H and O–H groups in total. The predicted octanol–water partition coefficient (Wildman–Crippen LogP) is 0.806. The molecule has 0 bridgehead atoms. The first-order valence-corrected chi connectivity index (χ1v) is 4.90. The van der Waals surface area contributed by atoms with Crippen molar-refractivity contribution in [3.8, 4) is 0 Å². The zero-order valence-corrected chi connectivity index (χ0v) is 8.67. The lowest BCUT2D eigenvalue weighted by atomic mass is 10.4. The number of nitrogens with zero attached hydrogens (tertiary/aromatic N) is 3. The third-order valence-electron chi connectivity index (χ3n) is 1.93. The van der Waals surface area contributed by atoms with Crippen molar-refractivity contribution in [2.45, 2.75) is 13.0 Å². The minimum absolute atomic E-state index is 0.0831. The summed E-state index contributed by atoms with van der Waals surface area (Å²) in [5, 5.41) is 3.65. The van der Waals surface area contributed by atoms with Gasteiger partial charge in [0.15, 0.2) is 5.82 Å². The van der Waals surface area contributed by atoms with E-state index < -0.39 is 0 Å². The fourth-order valence-corrected chi connectivity index (χ4v) is 1.19. The summed E-state index contributed by atoms with van der Waals surface area (Å²) < 4.78 is 10.0. The third kappa shape index (κ3) is 3.03. The number of nitrogen functional groups attached to an aromatic ring is 1. The fourth-order valence-electron chi connectivity index (χ4n) is 1.19. The number of rotatable bonds is 5. The van der Waals surface area contributed by atoms with Crippen LogP contribution in [0.15, 0.2) is 28.9 Å². The molecule has 0 spiro atoms. The summed E-state index contributed by atoms with van der Waals surface area (Å²) in [4.78, 5) is 7.99. The minimum Gasteiger partial charge on any atom is -0.375 e. The van der Waals surface area contributed by atoms with Gasteiger partial charge in [-0.3, -0.25) is 4.98 Å². The lowest BCUT2D eigenvalue weighted by Gasteiger charge is -2.00. The Morgan fingerprint density at radius 2 is 2.31 bits per heavy atom. The molecule has 6 nitrogen and oxygen atoms in total. The van der Waals surface area contributed by atoms with Crippen molar-refractivity contribution in [2.75, 3.05) is 12.3 Å². The quantitative estimate of drug-likeness (QED) is 0.750. The lowest BCUT2D eigenvalue weighted by molar-refractivity contribution is 0.119. The van der Waals surface area contributed by atoms with Gasteiger partial charge in [0.05, 0.1) is 18.9 Å². The van der Waals surface area contributed by atoms with Crippen molar-refractivity contribution in [3.63, 3.8) is 0 Å². The summed E-state index contributed by atoms with van der Waals surface area (Å²) in [6.07, 6.45) is 2.31. The SMILES string of the molecule is Nc1nc(CCOCc2ccccn2)no1. The monoisotopic (exact) mass is 220 g/mol. The number of nitrogens with two attached hydrogens (primary N) is 1. The Kier molecular flexibility index (Phi) is 3.45. The summed E-state index contributed by atoms with van der Waals surface area (Å²) in [5.74, 6) is 0.554. The Hall–Kier alpha value is -1.95. The zero-order chi connectivity index (χ0) is 11.2. The van der Waals surface area contributed by atoms with Crippen molar-refractivity contribution in [3.05, 3.63) is 35.9 Å². The molecule has 84 valence electrons. The van der Waals surface area contributed by atoms with E-state index in [1.165, 1.54) is 0 Å². The van der Waals surface area contributed by atoms with Gasteiger partial charge in [-0.2, -0.15) is 4.98 Å². The van der Waals surface area contributed by atoms with Crippen molar-refractivity contribution in [2.24, 2.45) is 0 Å². The third-order valence-corrected chi connectivity index (χ3v) is 1.93.